The number of ether oxygens (including phenoxy) is 1. The number of carbonyl (C=O) groups is 1. The van der Waals surface area contributed by atoms with Crippen molar-refractivity contribution in [3.05, 3.63) is 41.5 Å². The minimum atomic E-state index is -3.45. The summed E-state index contributed by atoms with van der Waals surface area (Å²) in [4.78, 5) is 16.0. The van der Waals surface area contributed by atoms with Gasteiger partial charge < -0.3 is 14.5 Å². The Morgan fingerprint density at radius 2 is 2.10 bits per heavy atom. The maximum Gasteiger partial charge on any atom is 0.320 e. The molecular formula is C18H22FN5O4S. The van der Waals surface area contributed by atoms with Gasteiger partial charge in [-0.05, 0) is 18.6 Å². The van der Waals surface area contributed by atoms with Crippen LogP contribution in [-0.4, -0.2) is 78.2 Å². The first-order chi connectivity index (χ1) is 13.8. The molecule has 0 unspecified atom stereocenters. The van der Waals surface area contributed by atoms with Crippen LogP contribution in [0.5, 0.6) is 0 Å². The number of benzene rings is 1. The molecule has 0 spiro atoms. The Labute approximate surface area is 167 Å². The van der Waals surface area contributed by atoms with Gasteiger partial charge in [0.25, 0.3) is 0 Å². The number of aromatic amines is 1. The Bertz CT molecular complexity index is 992. The molecule has 1 aromatic heterocycles. The van der Waals surface area contributed by atoms with Crippen LogP contribution < -0.4 is 0 Å². The van der Waals surface area contributed by atoms with Crippen molar-refractivity contribution in [3.63, 3.8) is 0 Å². The SMILES string of the molecule is CS(=O)(=O)c1ccc(COC2CN(C(=O)N3CC[C@H](c4cn[nH]n4)C3)C2)c(F)c1. The minimum absolute atomic E-state index is 0.0282. The van der Waals surface area contributed by atoms with Gasteiger partial charge in [-0.2, -0.15) is 15.4 Å². The van der Waals surface area contributed by atoms with Gasteiger partial charge in [0.1, 0.15) is 5.82 Å². The lowest BCUT2D eigenvalue weighted by Gasteiger charge is -2.40. The summed E-state index contributed by atoms with van der Waals surface area (Å²) in [5.41, 5.74) is 1.16. The summed E-state index contributed by atoms with van der Waals surface area (Å²) in [7, 11) is -3.45. The number of aromatic nitrogens is 3. The number of sulfone groups is 1. The second-order valence-corrected chi connectivity index (χ2v) is 9.49. The standard InChI is InChI=1S/C18H22FN5O4S/c1-29(26,27)15-3-2-13(16(19)6-15)11-28-14-9-24(10-14)18(25)23-5-4-12(8-23)17-7-20-22-21-17/h2-3,6-7,12,14H,4-5,8-11H2,1H3,(H,20,21,22)/t12-/m0/s1. The monoisotopic (exact) mass is 423 g/mol. The molecule has 11 heteroatoms. The average Bonchev–Trinajstić information content (AvgIpc) is 3.31. The van der Waals surface area contributed by atoms with E-state index in [1.54, 1.807) is 16.0 Å². The van der Waals surface area contributed by atoms with Crippen LogP contribution in [0.4, 0.5) is 9.18 Å². The van der Waals surface area contributed by atoms with Gasteiger partial charge in [0.05, 0.1) is 42.6 Å². The third-order valence-corrected chi connectivity index (χ3v) is 6.47. The predicted octanol–water partition coefficient (Wildman–Crippen LogP) is 1.16. The van der Waals surface area contributed by atoms with Crippen LogP contribution in [0, 0.1) is 5.82 Å². The van der Waals surface area contributed by atoms with Gasteiger partial charge in [0.2, 0.25) is 0 Å². The number of H-pyrrole nitrogens is 1. The minimum Gasteiger partial charge on any atom is -0.370 e. The Hall–Kier alpha value is -2.53. The maximum absolute atomic E-state index is 14.1. The molecule has 1 aromatic carbocycles. The van der Waals surface area contributed by atoms with E-state index >= 15 is 0 Å². The third kappa shape index (κ3) is 4.25. The number of nitrogens with one attached hydrogen (secondary N) is 1. The van der Waals surface area contributed by atoms with E-state index in [-0.39, 0.29) is 35.1 Å². The summed E-state index contributed by atoms with van der Waals surface area (Å²) in [6, 6.07) is 3.76. The van der Waals surface area contributed by atoms with Gasteiger partial charge in [-0.1, -0.05) is 6.07 Å². The molecule has 0 radical (unpaired) electrons. The molecule has 1 N–H and O–H groups in total. The molecule has 2 saturated heterocycles. The second-order valence-electron chi connectivity index (χ2n) is 7.47. The van der Waals surface area contributed by atoms with Crippen molar-refractivity contribution in [1.29, 1.82) is 0 Å². The highest BCUT2D eigenvalue weighted by Crippen LogP contribution is 2.27. The molecule has 2 fully saturated rings. The van der Waals surface area contributed by atoms with Crippen molar-refractivity contribution >= 4 is 15.9 Å². The van der Waals surface area contributed by atoms with Crippen LogP contribution in [0.15, 0.2) is 29.3 Å². The quantitative estimate of drug-likeness (QED) is 0.773. The maximum atomic E-state index is 14.1. The second kappa shape index (κ2) is 7.71. The summed E-state index contributed by atoms with van der Waals surface area (Å²) >= 11 is 0. The number of hydrogen-bond donors (Lipinski definition) is 1. The molecule has 0 aliphatic carbocycles. The molecule has 0 saturated carbocycles. The van der Waals surface area contributed by atoms with E-state index < -0.39 is 15.7 Å². The number of rotatable bonds is 5. The highest BCUT2D eigenvalue weighted by molar-refractivity contribution is 7.90. The molecule has 156 valence electrons. The molecule has 0 bridgehead atoms. The molecule has 2 aromatic rings. The van der Waals surface area contributed by atoms with Crippen molar-refractivity contribution in [2.75, 3.05) is 32.4 Å². The molecular weight excluding hydrogens is 401 g/mol. The molecule has 4 rings (SSSR count). The van der Waals surface area contributed by atoms with Crippen LogP contribution >= 0.6 is 0 Å². The molecule has 2 aliphatic heterocycles. The zero-order valence-electron chi connectivity index (χ0n) is 15.9. The zero-order valence-corrected chi connectivity index (χ0v) is 16.7. The molecule has 9 nitrogen and oxygen atoms in total. The largest absolute Gasteiger partial charge is 0.370 e. The van der Waals surface area contributed by atoms with Crippen LogP contribution in [0.2, 0.25) is 0 Å². The zero-order chi connectivity index (χ0) is 20.6. The summed E-state index contributed by atoms with van der Waals surface area (Å²) < 4.78 is 42.7. The van der Waals surface area contributed by atoms with E-state index in [9.17, 15) is 17.6 Å². The Morgan fingerprint density at radius 3 is 2.76 bits per heavy atom. The van der Waals surface area contributed by atoms with E-state index in [0.717, 1.165) is 24.4 Å². The smallest absolute Gasteiger partial charge is 0.320 e. The lowest BCUT2D eigenvalue weighted by molar-refractivity contribution is -0.0494. The number of hydrogen-bond acceptors (Lipinski definition) is 6. The fourth-order valence-electron chi connectivity index (χ4n) is 3.57. The Kier molecular flexibility index (Phi) is 5.26. The number of likely N-dealkylation sites (tertiary alicyclic amines) is 2. The summed E-state index contributed by atoms with van der Waals surface area (Å²) in [5.74, 6) is -0.417. The Balaban J connectivity index is 1.24. The summed E-state index contributed by atoms with van der Waals surface area (Å²) in [5, 5.41) is 10.5. The molecule has 3 heterocycles. The van der Waals surface area contributed by atoms with E-state index in [4.69, 9.17) is 4.74 Å². The fraction of sp³-hybridized carbons (Fsp3) is 0.500. The first-order valence-corrected chi connectivity index (χ1v) is 11.2. The summed E-state index contributed by atoms with van der Waals surface area (Å²) in [6.45, 7) is 2.22. The van der Waals surface area contributed by atoms with E-state index in [0.29, 0.717) is 26.2 Å². The third-order valence-electron chi connectivity index (χ3n) is 5.36. The lowest BCUT2D eigenvalue weighted by Crippen LogP contribution is -2.58. The number of urea groups is 1. The van der Waals surface area contributed by atoms with Gasteiger partial charge in [0.15, 0.2) is 9.84 Å². The van der Waals surface area contributed by atoms with Crippen LogP contribution in [0.3, 0.4) is 0 Å². The van der Waals surface area contributed by atoms with E-state index in [1.807, 2.05) is 0 Å². The highest BCUT2D eigenvalue weighted by atomic mass is 32.2. The topological polar surface area (TPSA) is 108 Å². The lowest BCUT2D eigenvalue weighted by atomic mass is 10.1. The first-order valence-electron chi connectivity index (χ1n) is 9.31. The van der Waals surface area contributed by atoms with E-state index in [2.05, 4.69) is 15.4 Å². The van der Waals surface area contributed by atoms with Crippen LogP contribution in [-0.2, 0) is 21.2 Å². The van der Waals surface area contributed by atoms with Crippen molar-refractivity contribution in [2.24, 2.45) is 0 Å². The molecule has 29 heavy (non-hydrogen) atoms. The highest BCUT2D eigenvalue weighted by Gasteiger charge is 2.37. The van der Waals surface area contributed by atoms with Gasteiger partial charge in [0, 0.05) is 30.8 Å². The first kappa shape index (κ1) is 19.8. The fourth-order valence-corrected chi connectivity index (χ4v) is 4.20. The van der Waals surface area contributed by atoms with Crippen molar-refractivity contribution in [3.8, 4) is 0 Å². The van der Waals surface area contributed by atoms with Gasteiger partial charge in [-0.15, -0.1) is 0 Å². The predicted molar refractivity (Wildman–Crippen MR) is 100 cm³/mol. The van der Waals surface area contributed by atoms with Crippen LogP contribution in [0.1, 0.15) is 23.6 Å². The number of carbonyl (C=O) groups excluding carboxylic acids is 1. The van der Waals surface area contributed by atoms with Gasteiger partial charge in [-0.3, -0.25) is 0 Å². The van der Waals surface area contributed by atoms with Crippen LogP contribution in [0.25, 0.3) is 0 Å². The number of halogens is 1. The van der Waals surface area contributed by atoms with E-state index in [1.165, 1.54) is 12.1 Å². The van der Waals surface area contributed by atoms with Gasteiger partial charge >= 0.3 is 6.03 Å². The van der Waals surface area contributed by atoms with Crippen molar-refractivity contribution in [1.82, 2.24) is 25.2 Å². The van der Waals surface area contributed by atoms with Crippen molar-refractivity contribution in [2.45, 2.75) is 29.9 Å². The number of nitrogens with zero attached hydrogens (tertiary/aromatic N) is 4. The van der Waals surface area contributed by atoms with Gasteiger partial charge in [-0.25, -0.2) is 17.6 Å². The Morgan fingerprint density at radius 1 is 1.31 bits per heavy atom. The molecule has 1 atom stereocenters. The van der Waals surface area contributed by atoms with Crippen molar-refractivity contribution < 1.29 is 22.3 Å². The average molecular weight is 423 g/mol. The normalized spacial score (nSPS) is 20.1. The molecule has 2 aliphatic rings. The molecule has 2 amide bonds. The number of amides is 2. The summed E-state index contributed by atoms with van der Waals surface area (Å²) in [6.07, 6.45) is 3.41.